The molecule has 1 heterocycles. The fraction of sp³-hybridized carbons (Fsp3) is 0.200. The Bertz CT molecular complexity index is 722. The predicted molar refractivity (Wildman–Crippen MR) is 74.3 cm³/mol. The first kappa shape index (κ1) is 14.8. The second-order valence-corrected chi connectivity index (χ2v) is 4.31. The van der Waals surface area contributed by atoms with E-state index >= 15 is 0 Å². The van der Waals surface area contributed by atoms with Crippen molar-refractivity contribution in [3.63, 3.8) is 0 Å². The van der Waals surface area contributed by atoms with Crippen molar-refractivity contribution < 1.29 is 18.8 Å². The molecule has 2 rings (SSSR count). The maximum atomic E-state index is 13.5. The molecule has 0 spiro atoms. The number of aliphatic hydroxyl groups is 1. The van der Waals surface area contributed by atoms with E-state index in [2.05, 4.69) is 22.3 Å². The molecule has 0 radical (unpaired) electrons. The molecule has 0 saturated heterocycles. The number of carbonyl (C=O) groups is 1. The van der Waals surface area contributed by atoms with Crippen LogP contribution in [0.1, 0.15) is 27.4 Å². The standard InChI is InChI=1S/C15H13FN2O3/c1-9-14(10(2)21-18-9)15(20)17-12-5-6-13(16)11(8-12)4-3-7-19/h5-6,8,19H,7H2,1-2H3,(H,17,20). The normalized spacial score (nSPS) is 9.90. The van der Waals surface area contributed by atoms with Gasteiger partial charge in [-0.05, 0) is 32.0 Å². The van der Waals surface area contributed by atoms with E-state index in [0.29, 0.717) is 22.7 Å². The number of anilines is 1. The van der Waals surface area contributed by atoms with Crippen LogP contribution < -0.4 is 5.32 Å². The molecule has 2 N–H and O–H groups in total. The van der Waals surface area contributed by atoms with Crippen molar-refractivity contribution in [3.05, 3.63) is 46.6 Å². The van der Waals surface area contributed by atoms with Gasteiger partial charge in [-0.1, -0.05) is 17.0 Å². The van der Waals surface area contributed by atoms with Crippen LogP contribution in [0.5, 0.6) is 0 Å². The first-order chi connectivity index (χ1) is 10.0. The van der Waals surface area contributed by atoms with Gasteiger partial charge >= 0.3 is 0 Å². The summed E-state index contributed by atoms with van der Waals surface area (Å²) >= 11 is 0. The molecule has 1 aromatic carbocycles. The van der Waals surface area contributed by atoms with Crippen molar-refractivity contribution in [1.29, 1.82) is 0 Å². The number of rotatable bonds is 2. The van der Waals surface area contributed by atoms with Crippen molar-refractivity contribution in [2.24, 2.45) is 0 Å². The molecule has 108 valence electrons. The second-order valence-electron chi connectivity index (χ2n) is 4.31. The second kappa shape index (κ2) is 6.20. The zero-order valence-electron chi connectivity index (χ0n) is 11.5. The SMILES string of the molecule is Cc1noc(C)c1C(=O)Nc1ccc(F)c(C#CCO)c1. The Morgan fingerprint density at radius 1 is 1.48 bits per heavy atom. The predicted octanol–water partition coefficient (Wildman–Crippen LogP) is 2.03. The van der Waals surface area contributed by atoms with Crippen LogP contribution in [0.2, 0.25) is 0 Å². The number of nitrogens with zero attached hydrogens (tertiary/aromatic N) is 1. The van der Waals surface area contributed by atoms with Crippen LogP contribution in [0.4, 0.5) is 10.1 Å². The molecular weight excluding hydrogens is 275 g/mol. The summed E-state index contributed by atoms with van der Waals surface area (Å²) in [6.07, 6.45) is 0. The number of hydrogen-bond acceptors (Lipinski definition) is 4. The average Bonchev–Trinajstić information content (AvgIpc) is 2.78. The molecule has 0 saturated carbocycles. The highest BCUT2D eigenvalue weighted by molar-refractivity contribution is 6.05. The molecule has 1 aromatic heterocycles. The van der Waals surface area contributed by atoms with Crippen molar-refractivity contribution in [2.75, 3.05) is 11.9 Å². The third-order valence-corrected chi connectivity index (χ3v) is 2.79. The number of hydrogen-bond donors (Lipinski definition) is 2. The molecule has 1 amide bonds. The summed E-state index contributed by atoms with van der Waals surface area (Å²) in [6.45, 7) is 2.93. The van der Waals surface area contributed by atoms with Gasteiger partial charge in [-0.25, -0.2) is 4.39 Å². The number of nitrogens with one attached hydrogen (secondary N) is 1. The first-order valence-electron chi connectivity index (χ1n) is 6.16. The van der Waals surface area contributed by atoms with E-state index in [1.165, 1.54) is 18.2 Å². The summed E-state index contributed by atoms with van der Waals surface area (Å²) in [5.41, 5.74) is 1.32. The monoisotopic (exact) mass is 288 g/mol. The van der Waals surface area contributed by atoms with E-state index < -0.39 is 5.82 Å². The van der Waals surface area contributed by atoms with Crippen LogP contribution in [0.3, 0.4) is 0 Å². The maximum absolute atomic E-state index is 13.5. The van der Waals surface area contributed by atoms with E-state index in [9.17, 15) is 9.18 Å². The summed E-state index contributed by atoms with van der Waals surface area (Å²) in [4.78, 5) is 12.1. The van der Waals surface area contributed by atoms with Crippen LogP contribution >= 0.6 is 0 Å². The molecule has 0 bridgehead atoms. The molecule has 21 heavy (non-hydrogen) atoms. The lowest BCUT2D eigenvalue weighted by molar-refractivity contribution is 0.102. The molecule has 2 aromatic rings. The molecule has 0 aliphatic rings. The number of aliphatic hydroxyl groups excluding tert-OH is 1. The molecule has 0 unspecified atom stereocenters. The highest BCUT2D eigenvalue weighted by Gasteiger charge is 2.17. The highest BCUT2D eigenvalue weighted by atomic mass is 19.1. The topological polar surface area (TPSA) is 75.4 Å². The Kier molecular flexibility index (Phi) is 4.36. The molecule has 0 aliphatic heterocycles. The Balaban J connectivity index is 2.26. The Morgan fingerprint density at radius 3 is 2.86 bits per heavy atom. The summed E-state index contributed by atoms with van der Waals surface area (Å²) in [5.74, 6) is 4.33. The Hall–Kier alpha value is -2.65. The van der Waals surface area contributed by atoms with Crippen LogP contribution in [-0.2, 0) is 0 Å². The first-order valence-corrected chi connectivity index (χ1v) is 6.16. The summed E-state index contributed by atoms with van der Waals surface area (Å²) in [7, 11) is 0. The molecule has 0 aliphatic carbocycles. The number of halogens is 1. The third kappa shape index (κ3) is 3.27. The van der Waals surface area contributed by atoms with Crippen LogP contribution in [0, 0.1) is 31.5 Å². The lowest BCUT2D eigenvalue weighted by atomic mass is 10.1. The number of benzene rings is 1. The van der Waals surface area contributed by atoms with Gasteiger partial charge in [0.25, 0.3) is 5.91 Å². The van der Waals surface area contributed by atoms with E-state index in [4.69, 9.17) is 9.63 Å². The lowest BCUT2D eigenvalue weighted by Crippen LogP contribution is -2.13. The van der Waals surface area contributed by atoms with Crippen molar-refractivity contribution >= 4 is 11.6 Å². The van der Waals surface area contributed by atoms with Gasteiger partial charge in [0.1, 0.15) is 23.7 Å². The lowest BCUT2D eigenvalue weighted by Gasteiger charge is -2.05. The van der Waals surface area contributed by atoms with Crippen LogP contribution in [0.25, 0.3) is 0 Å². The zero-order valence-corrected chi connectivity index (χ0v) is 11.5. The van der Waals surface area contributed by atoms with E-state index in [-0.39, 0.29) is 18.1 Å². The van der Waals surface area contributed by atoms with Crippen molar-refractivity contribution in [1.82, 2.24) is 5.16 Å². The molecule has 6 heteroatoms. The van der Waals surface area contributed by atoms with Gasteiger partial charge in [0.05, 0.1) is 11.3 Å². The van der Waals surface area contributed by atoms with E-state index in [0.717, 1.165) is 0 Å². The van der Waals surface area contributed by atoms with Gasteiger partial charge in [0, 0.05) is 5.69 Å². The van der Waals surface area contributed by atoms with Gasteiger partial charge < -0.3 is 14.9 Å². The largest absolute Gasteiger partial charge is 0.384 e. The quantitative estimate of drug-likeness (QED) is 0.829. The number of carbonyl (C=O) groups excluding carboxylic acids is 1. The van der Waals surface area contributed by atoms with Gasteiger partial charge in [-0.15, -0.1) is 0 Å². The fourth-order valence-electron chi connectivity index (χ4n) is 1.83. The fourth-order valence-corrected chi connectivity index (χ4v) is 1.83. The van der Waals surface area contributed by atoms with Crippen molar-refractivity contribution in [3.8, 4) is 11.8 Å². The summed E-state index contributed by atoms with van der Waals surface area (Å²) in [6, 6.07) is 4.02. The Labute approximate surface area is 120 Å². The van der Waals surface area contributed by atoms with Gasteiger partial charge in [-0.2, -0.15) is 0 Å². The minimum atomic E-state index is -0.522. The summed E-state index contributed by atoms with van der Waals surface area (Å²) in [5, 5.41) is 15.0. The van der Waals surface area contributed by atoms with Crippen LogP contribution in [0.15, 0.2) is 22.7 Å². The van der Waals surface area contributed by atoms with Gasteiger partial charge in [0.2, 0.25) is 0 Å². The number of aromatic nitrogens is 1. The number of amides is 1. The van der Waals surface area contributed by atoms with E-state index in [1.807, 2.05) is 0 Å². The van der Waals surface area contributed by atoms with E-state index in [1.54, 1.807) is 13.8 Å². The smallest absolute Gasteiger partial charge is 0.261 e. The van der Waals surface area contributed by atoms with Gasteiger partial charge in [0.15, 0.2) is 0 Å². The third-order valence-electron chi connectivity index (χ3n) is 2.79. The number of aryl methyl sites for hydroxylation is 2. The minimum absolute atomic E-state index is 0.0978. The highest BCUT2D eigenvalue weighted by Crippen LogP contribution is 2.18. The van der Waals surface area contributed by atoms with Crippen molar-refractivity contribution in [2.45, 2.75) is 13.8 Å². The minimum Gasteiger partial charge on any atom is -0.384 e. The summed E-state index contributed by atoms with van der Waals surface area (Å²) < 4.78 is 18.4. The molecule has 0 atom stereocenters. The average molecular weight is 288 g/mol. The zero-order chi connectivity index (χ0) is 15.4. The Morgan fingerprint density at radius 2 is 2.24 bits per heavy atom. The molecule has 5 nitrogen and oxygen atoms in total. The van der Waals surface area contributed by atoms with Crippen LogP contribution in [-0.4, -0.2) is 22.8 Å². The maximum Gasteiger partial charge on any atom is 0.261 e. The molecular formula is C15H13FN2O3. The van der Waals surface area contributed by atoms with Gasteiger partial charge in [-0.3, -0.25) is 4.79 Å². The molecule has 0 fully saturated rings.